The molecular formula is C12H14ClNO2. The van der Waals surface area contributed by atoms with Crippen LogP contribution in [0.4, 0.5) is 0 Å². The lowest BCUT2D eigenvalue weighted by molar-refractivity contribution is -0.143. The lowest BCUT2D eigenvalue weighted by Gasteiger charge is -2.22. The summed E-state index contributed by atoms with van der Waals surface area (Å²) in [4.78, 5) is 11.5. The van der Waals surface area contributed by atoms with Gasteiger partial charge in [0.05, 0.1) is 7.11 Å². The Balaban J connectivity index is 2.33. The van der Waals surface area contributed by atoms with Gasteiger partial charge in [-0.05, 0) is 24.5 Å². The highest BCUT2D eigenvalue weighted by Gasteiger charge is 2.53. The summed E-state index contributed by atoms with van der Waals surface area (Å²) in [7, 11) is 1.35. The fraction of sp³-hybridized carbons (Fsp3) is 0.417. The standard InChI is InChI=1S/C12H14ClNO2/c1-16-11(15)10(14)12(6-7-12)8-4-2-3-5-9(8)13/h2-5,10H,6-7,14H2,1H3. The van der Waals surface area contributed by atoms with Crippen molar-refractivity contribution in [3.8, 4) is 0 Å². The van der Waals surface area contributed by atoms with E-state index in [1.807, 2.05) is 24.3 Å². The van der Waals surface area contributed by atoms with Crippen LogP contribution in [0.5, 0.6) is 0 Å². The number of carbonyl (C=O) groups is 1. The third-order valence-corrected chi connectivity index (χ3v) is 3.58. The summed E-state index contributed by atoms with van der Waals surface area (Å²) in [5.41, 5.74) is 6.57. The minimum atomic E-state index is -0.627. The van der Waals surface area contributed by atoms with Gasteiger partial charge in [-0.2, -0.15) is 0 Å². The van der Waals surface area contributed by atoms with Gasteiger partial charge in [0.25, 0.3) is 0 Å². The minimum Gasteiger partial charge on any atom is -0.468 e. The van der Waals surface area contributed by atoms with Crippen LogP contribution in [0.15, 0.2) is 24.3 Å². The van der Waals surface area contributed by atoms with Crippen LogP contribution in [0.25, 0.3) is 0 Å². The number of hydrogen-bond donors (Lipinski definition) is 1. The van der Waals surface area contributed by atoms with Crippen LogP contribution in [0, 0.1) is 0 Å². The maximum atomic E-state index is 11.5. The molecular weight excluding hydrogens is 226 g/mol. The number of hydrogen-bond acceptors (Lipinski definition) is 3. The minimum absolute atomic E-state index is 0.314. The van der Waals surface area contributed by atoms with Gasteiger partial charge in [-0.1, -0.05) is 29.8 Å². The first-order chi connectivity index (χ1) is 7.62. The fourth-order valence-electron chi connectivity index (χ4n) is 2.10. The second kappa shape index (κ2) is 4.07. The molecule has 0 spiro atoms. The zero-order chi connectivity index (χ0) is 11.8. The molecule has 4 heteroatoms. The van der Waals surface area contributed by atoms with Crippen LogP contribution in [-0.2, 0) is 14.9 Å². The van der Waals surface area contributed by atoms with Crippen molar-refractivity contribution >= 4 is 17.6 Å². The number of benzene rings is 1. The molecule has 3 nitrogen and oxygen atoms in total. The van der Waals surface area contributed by atoms with E-state index in [9.17, 15) is 4.79 Å². The molecule has 0 aromatic heterocycles. The predicted molar refractivity (Wildman–Crippen MR) is 62.4 cm³/mol. The van der Waals surface area contributed by atoms with E-state index in [1.165, 1.54) is 7.11 Å². The van der Waals surface area contributed by atoms with Gasteiger partial charge < -0.3 is 10.5 Å². The molecule has 1 fully saturated rings. The van der Waals surface area contributed by atoms with Crippen LogP contribution in [0.2, 0.25) is 5.02 Å². The van der Waals surface area contributed by atoms with Gasteiger partial charge in [0.1, 0.15) is 6.04 Å². The third kappa shape index (κ3) is 1.70. The van der Waals surface area contributed by atoms with E-state index >= 15 is 0 Å². The first kappa shape index (κ1) is 11.4. The molecule has 1 aliphatic carbocycles. The van der Waals surface area contributed by atoms with Crippen molar-refractivity contribution in [3.63, 3.8) is 0 Å². The summed E-state index contributed by atoms with van der Waals surface area (Å²) in [6.45, 7) is 0. The average molecular weight is 240 g/mol. The lowest BCUT2D eigenvalue weighted by atomic mass is 9.88. The van der Waals surface area contributed by atoms with Crippen molar-refractivity contribution in [2.45, 2.75) is 24.3 Å². The fourth-order valence-corrected chi connectivity index (χ4v) is 2.42. The van der Waals surface area contributed by atoms with Crippen molar-refractivity contribution in [2.24, 2.45) is 5.73 Å². The molecule has 0 aliphatic heterocycles. The summed E-state index contributed by atoms with van der Waals surface area (Å²) in [5, 5.41) is 0.666. The van der Waals surface area contributed by atoms with Crippen molar-refractivity contribution in [3.05, 3.63) is 34.9 Å². The van der Waals surface area contributed by atoms with E-state index < -0.39 is 6.04 Å². The number of nitrogens with two attached hydrogens (primary N) is 1. The Labute approximate surface area is 99.5 Å². The van der Waals surface area contributed by atoms with Gasteiger partial charge >= 0.3 is 5.97 Å². The highest BCUT2D eigenvalue weighted by atomic mass is 35.5. The molecule has 0 amide bonds. The van der Waals surface area contributed by atoms with Crippen molar-refractivity contribution in [1.82, 2.24) is 0 Å². The number of esters is 1. The molecule has 0 bridgehead atoms. The molecule has 2 rings (SSSR count). The topological polar surface area (TPSA) is 52.3 Å². The summed E-state index contributed by atoms with van der Waals surface area (Å²) in [6, 6.07) is 6.90. The Kier molecular flexibility index (Phi) is 2.91. The average Bonchev–Trinajstić information content (AvgIpc) is 3.09. The predicted octanol–water partition coefficient (Wildman–Crippen LogP) is 1.87. The van der Waals surface area contributed by atoms with Crippen molar-refractivity contribution in [2.75, 3.05) is 7.11 Å². The summed E-state index contributed by atoms with van der Waals surface area (Å²) in [5.74, 6) is -0.377. The van der Waals surface area contributed by atoms with Crippen LogP contribution in [0.3, 0.4) is 0 Å². The normalized spacial score (nSPS) is 18.9. The maximum Gasteiger partial charge on any atom is 0.323 e. The number of methoxy groups -OCH3 is 1. The Hall–Kier alpha value is -1.06. The molecule has 2 N–H and O–H groups in total. The molecule has 16 heavy (non-hydrogen) atoms. The number of halogens is 1. The van der Waals surface area contributed by atoms with Crippen LogP contribution in [0.1, 0.15) is 18.4 Å². The van der Waals surface area contributed by atoms with Crippen molar-refractivity contribution < 1.29 is 9.53 Å². The van der Waals surface area contributed by atoms with Gasteiger partial charge in [-0.25, -0.2) is 0 Å². The summed E-state index contributed by atoms with van der Waals surface area (Å²) >= 11 is 6.13. The van der Waals surface area contributed by atoms with E-state index in [2.05, 4.69) is 0 Å². The van der Waals surface area contributed by atoms with E-state index in [-0.39, 0.29) is 11.4 Å². The molecule has 1 atom stereocenters. The van der Waals surface area contributed by atoms with Crippen molar-refractivity contribution in [1.29, 1.82) is 0 Å². The highest BCUT2D eigenvalue weighted by Crippen LogP contribution is 2.52. The Morgan fingerprint density at radius 3 is 2.62 bits per heavy atom. The monoisotopic (exact) mass is 239 g/mol. The van der Waals surface area contributed by atoms with E-state index in [0.29, 0.717) is 5.02 Å². The number of carbonyl (C=O) groups excluding carboxylic acids is 1. The zero-order valence-electron chi connectivity index (χ0n) is 9.07. The number of rotatable bonds is 3. The molecule has 1 aromatic rings. The van der Waals surface area contributed by atoms with Gasteiger partial charge in [0, 0.05) is 10.4 Å². The molecule has 1 saturated carbocycles. The van der Waals surface area contributed by atoms with Crippen LogP contribution < -0.4 is 5.73 Å². The van der Waals surface area contributed by atoms with Gasteiger partial charge in [0.2, 0.25) is 0 Å². The van der Waals surface area contributed by atoms with E-state index in [4.69, 9.17) is 22.1 Å². The lowest BCUT2D eigenvalue weighted by Crippen LogP contribution is -2.42. The van der Waals surface area contributed by atoms with E-state index in [0.717, 1.165) is 18.4 Å². The first-order valence-corrected chi connectivity index (χ1v) is 5.58. The Bertz CT molecular complexity index is 415. The van der Waals surface area contributed by atoms with E-state index in [1.54, 1.807) is 0 Å². The third-order valence-electron chi connectivity index (χ3n) is 3.25. The second-order valence-electron chi connectivity index (χ2n) is 4.14. The molecule has 1 aliphatic rings. The number of ether oxygens (including phenoxy) is 1. The first-order valence-electron chi connectivity index (χ1n) is 5.20. The zero-order valence-corrected chi connectivity index (χ0v) is 9.83. The van der Waals surface area contributed by atoms with Gasteiger partial charge in [-0.15, -0.1) is 0 Å². The smallest absolute Gasteiger partial charge is 0.323 e. The Morgan fingerprint density at radius 1 is 1.50 bits per heavy atom. The van der Waals surface area contributed by atoms with Gasteiger partial charge in [-0.3, -0.25) is 4.79 Å². The highest BCUT2D eigenvalue weighted by molar-refractivity contribution is 6.31. The van der Waals surface area contributed by atoms with Crippen LogP contribution in [-0.4, -0.2) is 19.1 Å². The van der Waals surface area contributed by atoms with Gasteiger partial charge in [0.15, 0.2) is 0 Å². The molecule has 0 radical (unpaired) electrons. The van der Waals surface area contributed by atoms with Crippen LogP contribution >= 0.6 is 11.6 Å². The molecule has 86 valence electrons. The molecule has 1 aromatic carbocycles. The molecule has 1 unspecified atom stereocenters. The summed E-state index contributed by atoms with van der Waals surface area (Å²) in [6.07, 6.45) is 1.76. The SMILES string of the molecule is COC(=O)C(N)C1(c2ccccc2Cl)CC1. The Morgan fingerprint density at radius 2 is 2.12 bits per heavy atom. The summed E-state index contributed by atoms with van der Waals surface area (Å²) < 4.78 is 4.69. The molecule has 0 heterocycles. The maximum absolute atomic E-state index is 11.5. The quantitative estimate of drug-likeness (QED) is 0.820. The second-order valence-corrected chi connectivity index (χ2v) is 4.54. The largest absolute Gasteiger partial charge is 0.468 e. The molecule has 0 saturated heterocycles.